The molecule has 8 heteroatoms. The number of aromatic nitrogens is 1. The Morgan fingerprint density at radius 1 is 1.13 bits per heavy atom. The van der Waals surface area contributed by atoms with Crippen molar-refractivity contribution in [2.45, 2.75) is 37.6 Å². The molecule has 3 aromatic rings. The van der Waals surface area contributed by atoms with E-state index in [2.05, 4.69) is 0 Å². The number of aryl methyl sites for hydroxylation is 1. The zero-order valence-electron chi connectivity index (χ0n) is 21.5. The van der Waals surface area contributed by atoms with Crippen LogP contribution in [0.25, 0.3) is 22.0 Å². The first-order valence-electron chi connectivity index (χ1n) is 13.6. The molecule has 0 bridgehead atoms. The van der Waals surface area contributed by atoms with E-state index in [-0.39, 0.29) is 30.3 Å². The fourth-order valence-electron chi connectivity index (χ4n) is 6.04. The van der Waals surface area contributed by atoms with Crippen LogP contribution >= 0.6 is 0 Å². The summed E-state index contributed by atoms with van der Waals surface area (Å²) in [5, 5.41) is 10.5. The molecule has 196 valence electrons. The molecule has 2 aliphatic carbocycles. The van der Waals surface area contributed by atoms with Crippen molar-refractivity contribution in [1.82, 2.24) is 14.4 Å². The zero-order chi connectivity index (χ0) is 26.2. The minimum Gasteiger partial charge on any atom is -0.396 e. The van der Waals surface area contributed by atoms with Crippen molar-refractivity contribution in [2.75, 3.05) is 26.2 Å². The van der Waals surface area contributed by atoms with E-state index in [1.807, 2.05) is 47.0 Å². The summed E-state index contributed by atoms with van der Waals surface area (Å²) in [6.07, 6.45) is 5.97. The standard InChI is InChI=1S/C30H31FN4O3/c1-33-17-22(8-11-36)24-12-20(5-7-26(24)33)21-4-6-23(25(31)13-21)27-32-30(9-10-30)29(38)35(27)16-18-14-34(15-18)28(37)19-2-3-19/h4-7,12-13,17-19,36H,2-3,8-11,14-16H2,1H3. The van der Waals surface area contributed by atoms with Gasteiger partial charge in [-0.3, -0.25) is 19.5 Å². The highest BCUT2D eigenvalue weighted by Gasteiger charge is 2.58. The fraction of sp³-hybridized carbons (Fsp3) is 0.433. The maximum absolute atomic E-state index is 15.7. The number of halogens is 1. The lowest BCUT2D eigenvalue weighted by molar-refractivity contribution is -0.139. The van der Waals surface area contributed by atoms with E-state index in [4.69, 9.17) is 4.99 Å². The van der Waals surface area contributed by atoms with Crippen LogP contribution in [0.1, 0.15) is 36.8 Å². The summed E-state index contributed by atoms with van der Waals surface area (Å²) in [6.45, 7) is 1.84. The second-order valence-corrected chi connectivity index (χ2v) is 11.4. The van der Waals surface area contributed by atoms with Crippen molar-refractivity contribution in [2.24, 2.45) is 23.9 Å². The maximum atomic E-state index is 15.7. The first-order valence-corrected chi connectivity index (χ1v) is 13.6. The molecule has 2 aliphatic heterocycles. The number of hydrogen-bond donors (Lipinski definition) is 1. The van der Waals surface area contributed by atoms with Crippen LogP contribution in [0.15, 0.2) is 47.6 Å². The van der Waals surface area contributed by atoms with E-state index in [0.29, 0.717) is 50.3 Å². The number of rotatable bonds is 7. The number of likely N-dealkylation sites (tertiary alicyclic amines) is 1. The molecule has 2 amide bonds. The van der Waals surface area contributed by atoms with Gasteiger partial charge in [-0.05, 0) is 73.1 Å². The monoisotopic (exact) mass is 514 g/mol. The lowest BCUT2D eigenvalue weighted by Crippen LogP contribution is -2.55. The van der Waals surface area contributed by atoms with Crippen LogP contribution in [-0.2, 0) is 23.1 Å². The van der Waals surface area contributed by atoms with Crippen LogP contribution < -0.4 is 0 Å². The molecule has 1 spiro atoms. The van der Waals surface area contributed by atoms with Gasteiger partial charge in [-0.15, -0.1) is 0 Å². The predicted octanol–water partition coefficient (Wildman–Crippen LogP) is 3.51. The van der Waals surface area contributed by atoms with Gasteiger partial charge in [-0.25, -0.2) is 4.39 Å². The van der Waals surface area contributed by atoms with E-state index in [9.17, 15) is 14.7 Å². The van der Waals surface area contributed by atoms with Crippen LogP contribution in [0.4, 0.5) is 4.39 Å². The first kappa shape index (κ1) is 23.6. The van der Waals surface area contributed by atoms with Crippen molar-refractivity contribution >= 4 is 28.6 Å². The molecule has 2 saturated carbocycles. The summed E-state index contributed by atoms with van der Waals surface area (Å²) in [7, 11) is 1.98. The van der Waals surface area contributed by atoms with Gasteiger partial charge in [0, 0.05) is 62.2 Å². The van der Waals surface area contributed by atoms with Gasteiger partial charge in [0.1, 0.15) is 17.2 Å². The molecule has 4 aliphatic rings. The Morgan fingerprint density at radius 3 is 2.55 bits per heavy atom. The van der Waals surface area contributed by atoms with Gasteiger partial charge in [0.15, 0.2) is 0 Å². The molecule has 2 aromatic carbocycles. The quantitative estimate of drug-likeness (QED) is 0.524. The van der Waals surface area contributed by atoms with E-state index in [1.54, 1.807) is 11.0 Å². The molecule has 7 rings (SSSR count). The Labute approximate surface area is 220 Å². The number of hydrogen-bond acceptors (Lipinski definition) is 4. The third-order valence-corrected chi connectivity index (χ3v) is 8.58. The smallest absolute Gasteiger partial charge is 0.256 e. The highest BCUT2D eigenvalue weighted by atomic mass is 19.1. The highest BCUT2D eigenvalue weighted by molar-refractivity contribution is 6.16. The zero-order valence-corrected chi connectivity index (χ0v) is 21.5. The molecule has 3 fully saturated rings. The van der Waals surface area contributed by atoms with Gasteiger partial charge < -0.3 is 14.6 Å². The molecule has 1 saturated heterocycles. The Morgan fingerprint density at radius 2 is 1.87 bits per heavy atom. The predicted molar refractivity (Wildman–Crippen MR) is 142 cm³/mol. The highest BCUT2D eigenvalue weighted by Crippen LogP contribution is 2.46. The largest absolute Gasteiger partial charge is 0.396 e. The van der Waals surface area contributed by atoms with Crippen molar-refractivity contribution < 1.29 is 19.1 Å². The summed E-state index contributed by atoms with van der Waals surface area (Å²) < 4.78 is 17.7. The van der Waals surface area contributed by atoms with Gasteiger partial charge in [0.25, 0.3) is 5.91 Å². The van der Waals surface area contributed by atoms with Crippen LogP contribution in [0.3, 0.4) is 0 Å². The second kappa shape index (κ2) is 8.50. The molecule has 1 aromatic heterocycles. The minimum atomic E-state index is -0.713. The lowest BCUT2D eigenvalue weighted by Gasteiger charge is -2.41. The number of amides is 2. The van der Waals surface area contributed by atoms with E-state index in [1.165, 1.54) is 6.07 Å². The summed E-state index contributed by atoms with van der Waals surface area (Å²) in [4.78, 5) is 33.9. The topological polar surface area (TPSA) is 78.1 Å². The Kier molecular flexibility index (Phi) is 5.27. The third-order valence-electron chi connectivity index (χ3n) is 8.58. The summed E-state index contributed by atoms with van der Waals surface area (Å²) in [5.41, 5.74) is 3.39. The first-order chi connectivity index (χ1) is 18.4. The number of carbonyl (C=O) groups excluding carboxylic acids is 2. The Bertz CT molecular complexity index is 1510. The van der Waals surface area contributed by atoms with Gasteiger partial charge in [-0.1, -0.05) is 12.1 Å². The van der Waals surface area contributed by atoms with Crippen LogP contribution in [0, 0.1) is 17.7 Å². The van der Waals surface area contributed by atoms with Gasteiger partial charge >= 0.3 is 0 Å². The lowest BCUT2D eigenvalue weighted by atomic mass is 9.97. The molecule has 0 atom stereocenters. The van der Waals surface area contributed by atoms with E-state index >= 15 is 4.39 Å². The molecule has 0 unspecified atom stereocenters. The molecule has 38 heavy (non-hydrogen) atoms. The maximum Gasteiger partial charge on any atom is 0.256 e. The van der Waals surface area contributed by atoms with Crippen molar-refractivity contribution in [1.29, 1.82) is 0 Å². The summed E-state index contributed by atoms with van der Waals surface area (Å²) in [5.74, 6) is 0.614. The second-order valence-electron chi connectivity index (χ2n) is 11.4. The van der Waals surface area contributed by atoms with Crippen LogP contribution in [0.2, 0.25) is 0 Å². The number of aliphatic hydroxyl groups is 1. The Balaban J connectivity index is 1.15. The molecule has 3 heterocycles. The van der Waals surface area contributed by atoms with Crippen molar-refractivity contribution in [3.05, 3.63) is 59.5 Å². The van der Waals surface area contributed by atoms with Gasteiger partial charge in [0.05, 0.1) is 5.56 Å². The molecular weight excluding hydrogens is 483 g/mol. The fourth-order valence-corrected chi connectivity index (χ4v) is 6.04. The van der Waals surface area contributed by atoms with Gasteiger partial charge in [0.2, 0.25) is 5.91 Å². The van der Waals surface area contributed by atoms with Crippen LogP contribution in [-0.4, -0.2) is 68.9 Å². The van der Waals surface area contributed by atoms with E-state index < -0.39 is 11.4 Å². The van der Waals surface area contributed by atoms with Crippen molar-refractivity contribution in [3.63, 3.8) is 0 Å². The number of aliphatic imine (C=N–C) groups is 1. The number of fused-ring (bicyclic) bond motifs is 1. The average molecular weight is 515 g/mol. The molecular formula is C30H31FN4O3. The Hall–Kier alpha value is -3.52. The molecule has 7 nitrogen and oxygen atoms in total. The van der Waals surface area contributed by atoms with Crippen LogP contribution in [0.5, 0.6) is 0 Å². The van der Waals surface area contributed by atoms with Gasteiger partial charge in [-0.2, -0.15) is 0 Å². The van der Waals surface area contributed by atoms with Crippen molar-refractivity contribution in [3.8, 4) is 11.1 Å². The minimum absolute atomic E-state index is 0.0334. The SMILES string of the molecule is Cn1cc(CCO)c2cc(-c3ccc(C4=NC5(CC5)C(=O)N4CC4CN(C(=O)C5CC5)C4)c(F)c3)ccc21. The number of nitrogens with zero attached hydrogens (tertiary/aromatic N) is 4. The number of amidine groups is 1. The average Bonchev–Trinajstić information content (AvgIpc) is 3.80. The summed E-state index contributed by atoms with van der Waals surface area (Å²) in [6, 6.07) is 11.2. The third kappa shape index (κ3) is 3.76. The van der Waals surface area contributed by atoms with E-state index in [0.717, 1.165) is 40.4 Å². The molecule has 1 N–H and O–H groups in total. The molecule has 0 radical (unpaired) electrons. The number of aliphatic hydroxyl groups excluding tert-OH is 1. The number of benzene rings is 2. The number of carbonyl (C=O) groups is 2. The summed E-state index contributed by atoms with van der Waals surface area (Å²) >= 11 is 0. The normalized spacial score (nSPS) is 20.4.